The molecule has 1 saturated carbocycles. The summed E-state index contributed by atoms with van der Waals surface area (Å²) in [6, 6.07) is 4.06. The molecule has 3 rings (SSSR count). The Morgan fingerprint density at radius 3 is 2.95 bits per heavy atom. The smallest absolute Gasteiger partial charge is 0.256 e. The molecule has 2 fully saturated rings. The van der Waals surface area contributed by atoms with Crippen LogP contribution in [0.2, 0.25) is 0 Å². The Labute approximate surface area is 121 Å². The van der Waals surface area contributed by atoms with Crippen LogP contribution in [-0.2, 0) is 4.74 Å². The van der Waals surface area contributed by atoms with E-state index in [4.69, 9.17) is 4.74 Å². The topological polar surface area (TPSA) is 42.4 Å². The number of carbonyl (C=O) groups is 1. The highest BCUT2D eigenvalue weighted by atomic mass is 79.9. The average molecular weight is 325 g/mol. The van der Waals surface area contributed by atoms with Gasteiger partial charge in [-0.25, -0.2) is 4.98 Å². The lowest BCUT2D eigenvalue weighted by Crippen LogP contribution is -2.37. The van der Waals surface area contributed by atoms with E-state index in [0.29, 0.717) is 22.1 Å². The van der Waals surface area contributed by atoms with Crippen molar-refractivity contribution in [3.8, 4) is 0 Å². The summed E-state index contributed by atoms with van der Waals surface area (Å²) >= 11 is 3.36. The van der Waals surface area contributed by atoms with Crippen molar-refractivity contribution in [2.75, 3.05) is 19.8 Å². The third kappa shape index (κ3) is 2.98. The van der Waals surface area contributed by atoms with Crippen molar-refractivity contribution in [2.24, 2.45) is 5.92 Å². The minimum absolute atomic E-state index is 0.0920. The van der Waals surface area contributed by atoms with E-state index in [-0.39, 0.29) is 5.91 Å². The van der Waals surface area contributed by atoms with Crippen LogP contribution < -0.4 is 0 Å². The van der Waals surface area contributed by atoms with Crippen molar-refractivity contribution in [2.45, 2.75) is 25.3 Å². The minimum atomic E-state index is 0.0920. The summed E-state index contributed by atoms with van der Waals surface area (Å²) in [6.07, 6.45) is 4.99. The normalized spacial score (nSPS) is 22.5. The molecule has 5 heteroatoms. The molecule has 19 heavy (non-hydrogen) atoms. The second kappa shape index (κ2) is 5.59. The minimum Gasteiger partial charge on any atom is -0.381 e. The summed E-state index contributed by atoms with van der Waals surface area (Å²) in [6.45, 7) is 2.42. The molecule has 1 aromatic heterocycles. The summed E-state index contributed by atoms with van der Waals surface area (Å²) in [5.41, 5.74) is 0.660. The van der Waals surface area contributed by atoms with E-state index in [2.05, 4.69) is 20.9 Å². The van der Waals surface area contributed by atoms with Crippen molar-refractivity contribution >= 4 is 21.8 Å². The lowest BCUT2D eigenvalue weighted by Gasteiger charge is -2.25. The molecule has 0 radical (unpaired) electrons. The molecule has 4 nitrogen and oxygen atoms in total. The first-order valence-corrected chi connectivity index (χ1v) is 7.54. The van der Waals surface area contributed by atoms with E-state index in [1.807, 2.05) is 17.0 Å². The van der Waals surface area contributed by atoms with Crippen LogP contribution in [0.15, 0.2) is 22.9 Å². The molecule has 0 spiro atoms. The van der Waals surface area contributed by atoms with Crippen molar-refractivity contribution < 1.29 is 9.53 Å². The van der Waals surface area contributed by atoms with Crippen LogP contribution >= 0.6 is 15.9 Å². The summed E-state index contributed by atoms with van der Waals surface area (Å²) in [5, 5.41) is 0. The second-order valence-electron chi connectivity index (χ2n) is 5.26. The quantitative estimate of drug-likeness (QED) is 0.799. The molecule has 102 valence electrons. The molecule has 1 amide bonds. The van der Waals surface area contributed by atoms with Gasteiger partial charge in [0.1, 0.15) is 4.60 Å². The number of halogens is 1. The number of hydrogen-bond acceptors (Lipinski definition) is 3. The van der Waals surface area contributed by atoms with E-state index in [1.165, 1.54) is 0 Å². The van der Waals surface area contributed by atoms with Gasteiger partial charge in [-0.05, 0) is 47.3 Å². The van der Waals surface area contributed by atoms with Gasteiger partial charge in [-0.2, -0.15) is 0 Å². The van der Waals surface area contributed by atoms with Gasteiger partial charge in [-0.1, -0.05) is 0 Å². The standard InChI is InChI=1S/C14H17BrN2O2/c15-13-12(2-1-6-16-13)14(18)17(11-3-4-11)8-10-5-7-19-9-10/h1-2,6,10-11H,3-5,7-9H2. The largest absolute Gasteiger partial charge is 0.381 e. The average Bonchev–Trinajstić information content (AvgIpc) is 3.13. The highest BCUT2D eigenvalue weighted by molar-refractivity contribution is 9.10. The zero-order chi connectivity index (χ0) is 13.2. The Morgan fingerprint density at radius 1 is 1.47 bits per heavy atom. The van der Waals surface area contributed by atoms with Gasteiger partial charge in [0.25, 0.3) is 5.91 Å². The molecule has 0 bridgehead atoms. The van der Waals surface area contributed by atoms with Crippen LogP contribution in [-0.4, -0.2) is 41.6 Å². The molecule has 1 unspecified atom stereocenters. The molecule has 1 saturated heterocycles. The third-order valence-electron chi connectivity index (χ3n) is 3.72. The lowest BCUT2D eigenvalue weighted by atomic mass is 10.1. The predicted octanol–water partition coefficient (Wildman–Crippen LogP) is 2.49. The van der Waals surface area contributed by atoms with E-state index in [9.17, 15) is 4.79 Å². The molecule has 1 aromatic rings. The summed E-state index contributed by atoms with van der Waals surface area (Å²) < 4.78 is 6.04. The fourth-order valence-electron chi connectivity index (χ4n) is 2.49. The van der Waals surface area contributed by atoms with Gasteiger partial charge < -0.3 is 9.64 Å². The Balaban J connectivity index is 1.76. The fourth-order valence-corrected chi connectivity index (χ4v) is 2.91. The highest BCUT2D eigenvalue weighted by Gasteiger charge is 2.35. The summed E-state index contributed by atoms with van der Waals surface area (Å²) in [7, 11) is 0. The number of carbonyl (C=O) groups excluding carboxylic acids is 1. The van der Waals surface area contributed by atoms with E-state index >= 15 is 0 Å². The molecule has 0 N–H and O–H groups in total. The van der Waals surface area contributed by atoms with Crippen LogP contribution in [0.5, 0.6) is 0 Å². The monoisotopic (exact) mass is 324 g/mol. The summed E-state index contributed by atoms with van der Waals surface area (Å²) in [4.78, 5) is 18.8. The van der Waals surface area contributed by atoms with E-state index in [0.717, 1.165) is 39.0 Å². The molecular weight excluding hydrogens is 308 g/mol. The van der Waals surface area contributed by atoms with Crippen LogP contribution in [0.25, 0.3) is 0 Å². The number of ether oxygens (including phenoxy) is 1. The zero-order valence-corrected chi connectivity index (χ0v) is 12.3. The van der Waals surface area contributed by atoms with Gasteiger partial charge in [-0.15, -0.1) is 0 Å². The molecule has 2 aliphatic rings. The molecule has 2 heterocycles. The molecular formula is C14H17BrN2O2. The Hall–Kier alpha value is -0.940. The molecule has 1 aliphatic carbocycles. The van der Waals surface area contributed by atoms with Gasteiger partial charge >= 0.3 is 0 Å². The van der Waals surface area contributed by atoms with Gasteiger partial charge in [-0.3, -0.25) is 4.79 Å². The van der Waals surface area contributed by atoms with Gasteiger partial charge in [0, 0.05) is 31.3 Å². The Kier molecular flexibility index (Phi) is 3.84. The zero-order valence-electron chi connectivity index (χ0n) is 10.7. The SMILES string of the molecule is O=C(c1cccnc1Br)N(CC1CCOC1)C1CC1. The number of rotatable bonds is 4. The first kappa shape index (κ1) is 13.1. The van der Waals surface area contributed by atoms with Gasteiger partial charge in [0.15, 0.2) is 0 Å². The number of hydrogen-bond donors (Lipinski definition) is 0. The van der Waals surface area contributed by atoms with Crippen LogP contribution in [0.1, 0.15) is 29.6 Å². The maximum absolute atomic E-state index is 12.7. The van der Waals surface area contributed by atoms with Crippen LogP contribution in [0.4, 0.5) is 0 Å². The van der Waals surface area contributed by atoms with Crippen LogP contribution in [0.3, 0.4) is 0 Å². The first-order chi connectivity index (χ1) is 9.25. The van der Waals surface area contributed by atoms with Crippen molar-refractivity contribution in [3.05, 3.63) is 28.5 Å². The number of amides is 1. The van der Waals surface area contributed by atoms with Gasteiger partial charge in [0.2, 0.25) is 0 Å². The Morgan fingerprint density at radius 2 is 2.32 bits per heavy atom. The Bertz CT molecular complexity index is 470. The van der Waals surface area contributed by atoms with Crippen LogP contribution in [0, 0.1) is 5.92 Å². The highest BCUT2D eigenvalue weighted by Crippen LogP contribution is 2.31. The molecule has 1 aliphatic heterocycles. The van der Waals surface area contributed by atoms with Crippen molar-refractivity contribution in [1.82, 2.24) is 9.88 Å². The lowest BCUT2D eigenvalue weighted by molar-refractivity contribution is 0.0705. The number of nitrogens with zero attached hydrogens (tertiary/aromatic N) is 2. The van der Waals surface area contributed by atoms with E-state index in [1.54, 1.807) is 6.20 Å². The maximum Gasteiger partial charge on any atom is 0.256 e. The predicted molar refractivity (Wildman–Crippen MR) is 74.9 cm³/mol. The number of pyridine rings is 1. The second-order valence-corrected chi connectivity index (χ2v) is 6.01. The third-order valence-corrected chi connectivity index (χ3v) is 4.35. The first-order valence-electron chi connectivity index (χ1n) is 6.75. The van der Waals surface area contributed by atoms with Crippen molar-refractivity contribution in [1.29, 1.82) is 0 Å². The van der Waals surface area contributed by atoms with Gasteiger partial charge in [0.05, 0.1) is 12.2 Å². The maximum atomic E-state index is 12.7. The van der Waals surface area contributed by atoms with E-state index < -0.39 is 0 Å². The van der Waals surface area contributed by atoms with Crippen molar-refractivity contribution in [3.63, 3.8) is 0 Å². The fraction of sp³-hybridized carbons (Fsp3) is 0.571. The summed E-state index contributed by atoms with van der Waals surface area (Å²) in [5.74, 6) is 0.578. The number of aromatic nitrogens is 1. The molecule has 1 atom stereocenters. The molecule has 0 aromatic carbocycles.